The first-order valence-corrected chi connectivity index (χ1v) is 11.9. The van der Waals surface area contributed by atoms with E-state index in [1.165, 1.54) is 5.56 Å². The zero-order chi connectivity index (χ0) is 26.0. The number of nitrogens with one attached hydrogen (secondary N) is 4. The van der Waals surface area contributed by atoms with Crippen LogP contribution in [0.3, 0.4) is 0 Å². The normalized spacial score (nSPS) is 11.2. The molecule has 4 aromatic rings. The highest BCUT2D eigenvalue weighted by Gasteiger charge is 2.18. The summed E-state index contributed by atoms with van der Waals surface area (Å²) in [5.74, 6) is -0.304. The average Bonchev–Trinajstić information content (AvgIpc) is 3.44. The highest BCUT2D eigenvalue weighted by atomic mass is 16.2. The minimum atomic E-state index is -0.478. The largest absolute Gasteiger partial charge is 0.327 e. The van der Waals surface area contributed by atoms with Crippen molar-refractivity contribution in [2.75, 3.05) is 10.6 Å². The fourth-order valence-corrected chi connectivity index (χ4v) is 3.80. The SMILES string of the molecule is CCCCc1ccc(C(NC(=O)Nc2cccc(C#N)c2)c2ccc(C(=O)Nc3nn[nH]n3)cc2)cc1. The van der Waals surface area contributed by atoms with Gasteiger partial charge >= 0.3 is 6.03 Å². The predicted molar refractivity (Wildman–Crippen MR) is 139 cm³/mol. The zero-order valence-corrected chi connectivity index (χ0v) is 20.2. The van der Waals surface area contributed by atoms with Crippen molar-refractivity contribution in [1.82, 2.24) is 25.9 Å². The smallest absolute Gasteiger partial charge is 0.319 e. The van der Waals surface area contributed by atoms with Crippen molar-refractivity contribution in [3.05, 3.63) is 101 Å². The summed E-state index contributed by atoms with van der Waals surface area (Å²) in [5, 5.41) is 30.6. The van der Waals surface area contributed by atoms with Gasteiger partial charge in [0.2, 0.25) is 0 Å². The van der Waals surface area contributed by atoms with Crippen molar-refractivity contribution >= 4 is 23.6 Å². The number of hydrogen-bond donors (Lipinski definition) is 4. The van der Waals surface area contributed by atoms with Gasteiger partial charge in [0, 0.05) is 11.3 Å². The molecule has 0 aliphatic rings. The number of hydrogen-bond acceptors (Lipinski definition) is 6. The third kappa shape index (κ3) is 6.76. The number of H-pyrrole nitrogens is 1. The Balaban J connectivity index is 1.55. The number of carbonyl (C=O) groups is 2. The third-order valence-corrected chi connectivity index (χ3v) is 5.73. The van der Waals surface area contributed by atoms with E-state index in [2.05, 4.69) is 61.7 Å². The van der Waals surface area contributed by atoms with Crippen LogP contribution in [-0.2, 0) is 6.42 Å². The minimum Gasteiger partial charge on any atom is -0.327 e. The summed E-state index contributed by atoms with van der Waals surface area (Å²) >= 11 is 0. The van der Waals surface area contributed by atoms with E-state index in [9.17, 15) is 9.59 Å². The molecule has 0 aliphatic heterocycles. The first-order chi connectivity index (χ1) is 18.1. The molecule has 3 amide bonds. The topological polar surface area (TPSA) is 148 Å². The quantitative estimate of drug-likeness (QED) is 0.268. The third-order valence-electron chi connectivity index (χ3n) is 5.73. The molecule has 3 aromatic carbocycles. The summed E-state index contributed by atoms with van der Waals surface area (Å²) in [5.41, 5.74) is 4.28. The Morgan fingerprint density at radius 3 is 2.38 bits per heavy atom. The maximum atomic E-state index is 12.9. The van der Waals surface area contributed by atoms with Crippen LogP contribution in [0.1, 0.15) is 58.4 Å². The summed E-state index contributed by atoms with van der Waals surface area (Å²) in [6.45, 7) is 2.16. The Labute approximate surface area is 214 Å². The number of unbranched alkanes of at least 4 members (excludes halogenated alkanes) is 1. The molecule has 4 N–H and O–H groups in total. The number of carbonyl (C=O) groups excluding carboxylic acids is 2. The van der Waals surface area contributed by atoms with Crippen LogP contribution in [0.15, 0.2) is 72.8 Å². The Morgan fingerprint density at radius 1 is 1.00 bits per heavy atom. The van der Waals surface area contributed by atoms with Crippen LogP contribution >= 0.6 is 0 Å². The number of urea groups is 1. The van der Waals surface area contributed by atoms with E-state index in [4.69, 9.17) is 5.26 Å². The second-order valence-corrected chi connectivity index (χ2v) is 8.38. The van der Waals surface area contributed by atoms with Crippen LogP contribution < -0.4 is 16.0 Å². The van der Waals surface area contributed by atoms with Gasteiger partial charge in [-0.25, -0.2) is 4.79 Å². The first kappa shape index (κ1) is 25.1. The minimum absolute atomic E-state index is 0.0777. The molecular formula is C27H26N8O2. The molecule has 1 aromatic heterocycles. The van der Waals surface area contributed by atoms with Crippen LogP contribution in [0.25, 0.3) is 0 Å². The number of aromatic nitrogens is 4. The van der Waals surface area contributed by atoms with Gasteiger partial charge in [-0.05, 0) is 65.1 Å². The molecule has 10 heteroatoms. The van der Waals surface area contributed by atoms with E-state index in [0.29, 0.717) is 16.8 Å². The predicted octanol–water partition coefficient (Wildman–Crippen LogP) is 4.58. The molecular weight excluding hydrogens is 468 g/mol. The van der Waals surface area contributed by atoms with E-state index in [1.807, 2.05) is 12.1 Å². The van der Waals surface area contributed by atoms with Crippen molar-refractivity contribution in [3.63, 3.8) is 0 Å². The van der Waals surface area contributed by atoms with Crippen molar-refractivity contribution in [1.29, 1.82) is 5.26 Å². The molecule has 1 heterocycles. The standard InChI is InChI=1S/C27H26N8O2/c1-2-3-5-18-8-10-20(11-9-18)24(30-27(37)29-23-7-4-6-19(16-23)17-28)21-12-14-22(15-13-21)25(36)31-26-32-34-35-33-26/h4,6-16,24H,2-3,5H2,1H3,(H2,29,30,37)(H2,31,32,33,34,35,36). The van der Waals surface area contributed by atoms with Crippen LogP contribution in [-0.4, -0.2) is 32.6 Å². The lowest BCUT2D eigenvalue weighted by atomic mass is 9.96. The Morgan fingerprint density at radius 2 is 1.73 bits per heavy atom. The van der Waals surface area contributed by atoms with Gasteiger partial charge in [-0.3, -0.25) is 10.1 Å². The number of benzene rings is 3. The fraction of sp³-hybridized carbons (Fsp3) is 0.185. The van der Waals surface area contributed by atoms with Gasteiger partial charge in [0.15, 0.2) is 0 Å². The monoisotopic (exact) mass is 494 g/mol. The number of nitriles is 1. The van der Waals surface area contributed by atoms with Gasteiger partial charge in [-0.2, -0.15) is 10.5 Å². The molecule has 186 valence electrons. The Kier molecular flexibility index (Phi) is 8.18. The van der Waals surface area contributed by atoms with Gasteiger partial charge in [-0.1, -0.05) is 60.9 Å². The van der Waals surface area contributed by atoms with Crippen LogP contribution in [0.2, 0.25) is 0 Å². The number of amides is 3. The zero-order valence-electron chi connectivity index (χ0n) is 20.2. The number of rotatable bonds is 9. The van der Waals surface area contributed by atoms with Gasteiger partial charge in [0.05, 0.1) is 17.7 Å². The lowest BCUT2D eigenvalue weighted by molar-refractivity contribution is 0.102. The van der Waals surface area contributed by atoms with E-state index in [0.717, 1.165) is 30.4 Å². The van der Waals surface area contributed by atoms with Crippen LogP contribution in [0.5, 0.6) is 0 Å². The maximum absolute atomic E-state index is 12.9. The maximum Gasteiger partial charge on any atom is 0.319 e. The molecule has 4 rings (SSSR count). The second kappa shape index (κ2) is 12.1. The second-order valence-electron chi connectivity index (χ2n) is 8.38. The van der Waals surface area contributed by atoms with Crippen LogP contribution in [0, 0.1) is 11.3 Å². The number of aryl methyl sites for hydroxylation is 1. The molecule has 0 bridgehead atoms. The van der Waals surface area contributed by atoms with E-state index in [-0.39, 0.29) is 11.9 Å². The number of anilines is 2. The van der Waals surface area contributed by atoms with Gasteiger partial charge in [-0.15, -0.1) is 5.10 Å². The van der Waals surface area contributed by atoms with E-state index >= 15 is 0 Å². The number of aromatic amines is 1. The molecule has 1 atom stereocenters. The molecule has 0 saturated heterocycles. The van der Waals surface area contributed by atoms with Crippen molar-refractivity contribution < 1.29 is 9.59 Å². The molecule has 0 fully saturated rings. The molecule has 1 unspecified atom stereocenters. The van der Waals surface area contributed by atoms with E-state index < -0.39 is 12.1 Å². The van der Waals surface area contributed by atoms with Crippen molar-refractivity contribution in [2.45, 2.75) is 32.2 Å². The van der Waals surface area contributed by atoms with E-state index in [1.54, 1.807) is 48.5 Å². The molecule has 10 nitrogen and oxygen atoms in total. The Hall–Kier alpha value is -5.04. The highest BCUT2D eigenvalue weighted by molar-refractivity contribution is 6.03. The fourth-order valence-electron chi connectivity index (χ4n) is 3.80. The van der Waals surface area contributed by atoms with Gasteiger partial charge in [0.25, 0.3) is 11.9 Å². The molecule has 0 radical (unpaired) electrons. The van der Waals surface area contributed by atoms with Crippen molar-refractivity contribution in [3.8, 4) is 6.07 Å². The Bertz CT molecular complexity index is 1380. The summed E-state index contributed by atoms with van der Waals surface area (Å²) < 4.78 is 0. The van der Waals surface area contributed by atoms with Gasteiger partial charge < -0.3 is 10.6 Å². The number of tetrazole rings is 1. The summed E-state index contributed by atoms with van der Waals surface area (Å²) in [4.78, 5) is 25.4. The summed E-state index contributed by atoms with van der Waals surface area (Å²) in [6, 6.07) is 22.9. The first-order valence-electron chi connectivity index (χ1n) is 11.9. The molecule has 0 spiro atoms. The number of nitrogens with zero attached hydrogens (tertiary/aromatic N) is 4. The molecule has 0 aliphatic carbocycles. The highest BCUT2D eigenvalue weighted by Crippen LogP contribution is 2.24. The lowest BCUT2D eigenvalue weighted by Crippen LogP contribution is -2.33. The molecule has 37 heavy (non-hydrogen) atoms. The molecule has 0 saturated carbocycles. The van der Waals surface area contributed by atoms with Crippen LogP contribution in [0.4, 0.5) is 16.4 Å². The summed E-state index contributed by atoms with van der Waals surface area (Å²) in [6.07, 6.45) is 3.22. The lowest BCUT2D eigenvalue weighted by Gasteiger charge is -2.21. The van der Waals surface area contributed by atoms with Gasteiger partial charge in [0.1, 0.15) is 0 Å². The summed E-state index contributed by atoms with van der Waals surface area (Å²) in [7, 11) is 0. The van der Waals surface area contributed by atoms with Crippen molar-refractivity contribution in [2.24, 2.45) is 0 Å². The average molecular weight is 495 g/mol.